The second kappa shape index (κ2) is 6.03. The van der Waals surface area contributed by atoms with E-state index in [-0.39, 0.29) is 0 Å². The van der Waals surface area contributed by atoms with Crippen LogP contribution in [-0.4, -0.2) is 30.2 Å². The van der Waals surface area contributed by atoms with E-state index in [9.17, 15) is 0 Å². The van der Waals surface area contributed by atoms with Crippen molar-refractivity contribution in [3.8, 4) is 11.3 Å². The molecular weight excluding hydrogens is 240 g/mol. The Morgan fingerprint density at radius 1 is 1.06 bits per heavy atom. The molecule has 0 N–H and O–H groups in total. The third-order valence-corrected chi connectivity index (χ3v) is 3.45. The zero-order valence-electron chi connectivity index (χ0n) is 11.1. The summed E-state index contributed by atoms with van der Waals surface area (Å²) in [5.74, 6) is 0. The van der Waals surface area contributed by atoms with Crippen molar-refractivity contribution in [1.82, 2.24) is 9.88 Å². The maximum absolute atomic E-state index is 4.52. The smallest absolute Gasteiger partial charge is 0.0702 e. The van der Waals surface area contributed by atoms with Crippen LogP contribution in [0.3, 0.4) is 0 Å². The van der Waals surface area contributed by atoms with Crippen LogP contribution in [0.2, 0.25) is 0 Å². The molecule has 1 aromatic carbocycles. The average molecular weight is 258 g/mol. The van der Waals surface area contributed by atoms with Gasteiger partial charge in [-0.3, -0.25) is 4.98 Å². The molecule has 1 aromatic heterocycles. The van der Waals surface area contributed by atoms with Crippen molar-refractivity contribution in [3.63, 3.8) is 0 Å². The van der Waals surface area contributed by atoms with Crippen molar-refractivity contribution in [2.24, 2.45) is 0 Å². The minimum atomic E-state index is 0.929. The summed E-state index contributed by atoms with van der Waals surface area (Å²) in [7, 11) is 4.13. The highest BCUT2D eigenvalue weighted by molar-refractivity contribution is 7.98. The molecule has 0 radical (unpaired) electrons. The quantitative estimate of drug-likeness (QED) is 0.780. The van der Waals surface area contributed by atoms with Crippen molar-refractivity contribution < 1.29 is 0 Å². The molecule has 0 saturated carbocycles. The number of nitrogens with zero attached hydrogens (tertiary/aromatic N) is 2. The molecule has 0 aliphatic carbocycles. The van der Waals surface area contributed by atoms with Crippen molar-refractivity contribution >= 4 is 11.8 Å². The number of rotatable bonds is 4. The van der Waals surface area contributed by atoms with Gasteiger partial charge in [-0.05, 0) is 44.1 Å². The number of aromatic nitrogens is 1. The van der Waals surface area contributed by atoms with Gasteiger partial charge in [0.1, 0.15) is 0 Å². The maximum Gasteiger partial charge on any atom is 0.0702 e. The fourth-order valence-corrected chi connectivity index (χ4v) is 2.22. The summed E-state index contributed by atoms with van der Waals surface area (Å²) in [4.78, 5) is 7.95. The lowest BCUT2D eigenvalue weighted by Crippen LogP contribution is -2.10. The zero-order valence-corrected chi connectivity index (χ0v) is 11.9. The number of benzene rings is 1. The topological polar surface area (TPSA) is 16.1 Å². The highest BCUT2D eigenvalue weighted by Crippen LogP contribution is 2.21. The molecule has 0 fully saturated rings. The standard InChI is InChI=1S/C15H18N2S/c1-17(2)11-12-4-9-15(16-10-12)13-5-7-14(18-3)8-6-13/h4-10H,11H2,1-3H3. The van der Waals surface area contributed by atoms with E-state index in [0.717, 1.165) is 12.2 Å². The van der Waals surface area contributed by atoms with Crippen LogP contribution >= 0.6 is 11.8 Å². The monoisotopic (exact) mass is 258 g/mol. The van der Waals surface area contributed by atoms with Gasteiger partial charge in [0.25, 0.3) is 0 Å². The van der Waals surface area contributed by atoms with Crippen molar-refractivity contribution in [2.45, 2.75) is 11.4 Å². The third-order valence-electron chi connectivity index (χ3n) is 2.71. The molecule has 0 spiro atoms. The summed E-state index contributed by atoms with van der Waals surface area (Å²) in [5.41, 5.74) is 3.44. The lowest BCUT2D eigenvalue weighted by atomic mass is 10.1. The maximum atomic E-state index is 4.52. The molecule has 18 heavy (non-hydrogen) atoms. The first kappa shape index (κ1) is 13.1. The summed E-state index contributed by atoms with van der Waals surface area (Å²) in [6.07, 6.45) is 4.04. The SMILES string of the molecule is CSc1ccc(-c2ccc(CN(C)C)cn2)cc1. The van der Waals surface area contributed by atoms with E-state index >= 15 is 0 Å². The van der Waals surface area contributed by atoms with Gasteiger partial charge < -0.3 is 4.90 Å². The lowest BCUT2D eigenvalue weighted by molar-refractivity contribution is 0.402. The predicted octanol–water partition coefficient (Wildman–Crippen LogP) is 3.53. The molecule has 2 aromatic rings. The Morgan fingerprint density at radius 2 is 1.78 bits per heavy atom. The Kier molecular flexibility index (Phi) is 4.39. The second-order valence-corrected chi connectivity index (χ2v) is 5.40. The Morgan fingerprint density at radius 3 is 2.28 bits per heavy atom. The number of pyridine rings is 1. The summed E-state index contributed by atoms with van der Waals surface area (Å²) in [5, 5.41) is 0. The first-order chi connectivity index (χ1) is 8.69. The van der Waals surface area contributed by atoms with E-state index in [4.69, 9.17) is 0 Å². The van der Waals surface area contributed by atoms with Crippen LogP contribution < -0.4 is 0 Å². The van der Waals surface area contributed by atoms with E-state index in [1.807, 2.05) is 6.20 Å². The first-order valence-electron chi connectivity index (χ1n) is 5.93. The summed E-state index contributed by atoms with van der Waals surface area (Å²) >= 11 is 1.76. The van der Waals surface area contributed by atoms with Crippen molar-refractivity contribution in [2.75, 3.05) is 20.4 Å². The molecule has 94 valence electrons. The second-order valence-electron chi connectivity index (χ2n) is 4.52. The van der Waals surface area contributed by atoms with E-state index < -0.39 is 0 Å². The van der Waals surface area contributed by atoms with Gasteiger partial charge in [0, 0.05) is 23.2 Å². The molecule has 0 aliphatic rings. The lowest BCUT2D eigenvalue weighted by Gasteiger charge is -2.09. The Bertz CT molecular complexity index is 489. The van der Waals surface area contributed by atoms with Gasteiger partial charge in [0.2, 0.25) is 0 Å². The first-order valence-corrected chi connectivity index (χ1v) is 7.15. The highest BCUT2D eigenvalue weighted by atomic mass is 32.2. The predicted molar refractivity (Wildman–Crippen MR) is 78.8 cm³/mol. The molecule has 0 unspecified atom stereocenters. The summed E-state index contributed by atoms with van der Waals surface area (Å²) < 4.78 is 0. The van der Waals surface area contributed by atoms with Gasteiger partial charge >= 0.3 is 0 Å². The van der Waals surface area contributed by atoms with Crippen LogP contribution in [0.1, 0.15) is 5.56 Å². The number of thioether (sulfide) groups is 1. The Balaban J connectivity index is 2.17. The molecular formula is C15H18N2S. The molecule has 0 bridgehead atoms. The van der Waals surface area contributed by atoms with Crippen LogP contribution in [0.15, 0.2) is 47.5 Å². The van der Waals surface area contributed by atoms with E-state index in [1.54, 1.807) is 11.8 Å². The van der Waals surface area contributed by atoms with Crippen LogP contribution in [0.4, 0.5) is 0 Å². The average Bonchev–Trinajstić information content (AvgIpc) is 2.39. The minimum absolute atomic E-state index is 0.929. The summed E-state index contributed by atoms with van der Waals surface area (Å²) in [6.45, 7) is 0.929. The van der Waals surface area contributed by atoms with Gasteiger partial charge in [-0.25, -0.2) is 0 Å². The van der Waals surface area contributed by atoms with Crippen LogP contribution in [-0.2, 0) is 6.54 Å². The fraction of sp³-hybridized carbons (Fsp3) is 0.267. The van der Waals surface area contributed by atoms with Crippen LogP contribution in [0, 0.1) is 0 Å². The number of hydrogen-bond acceptors (Lipinski definition) is 3. The van der Waals surface area contributed by atoms with Gasteiger partial charge in [-0.2, -0.15) is 0 Å². The molecule has 0 aliphatic heterocycles. The molecule has 0 amide bonds. The molecule has 0 saturated heterocycles. The molecule has 2 nitrogen and oxygen atoms in total. The van der Waals surface area contributed by atoms with Gasteiger partial charge in [-0.15, -0.1) is 11.8 Å². The van der Waals surface area contributed by atoms with Gasteiger partial charge in [-0.1, -0.05) is 18.2 Å². The molecule has 3 heteroatoms. The van der Waals surface area contributed by atoms with Gasteiger partial charge in [0.05, 0.1) is 5.69 Å². The van der Waals surface area contributed by atoms with Crippen molar-refractivity contribution in [1.29, 1.82) is 0 Å². The Labute approximate surface area is 113 Å². The zero-order chi connectivity index (χ0) is 13.0. The highest BCUT2D eigenvalue weighted by Gasteiger charge is 2.01. The van der Waals surface area contributed by atoms with E-state index in [1.165, 1.54) is 16.0 Å². The fourth-order valence-electron chi connectivity index (χ4n) is 1.82. The van der Waals surface area contributed by atoms with Crippen LogP contribution in [0.25, 0.3) is 11.3 Å². The van der Waals surface area contributed by atoms with E-state index in [0.29, 0.717) is 0 Å². The Hall–Kier alpha value is -1.32. The minimum Gasteiger partial charge on any atom is -0.305 e. The molecule has 0 atom stereocenters. The molecule has 1 heterocycles. The van der Waals surface area contributed by atoms with Crippen molar-refractivity contribution in [3.05, 3.63) is 48.2 Å². The molecule has 2 rings (SSSR count). The summed E-state index contributed by atoms with van der Waals surface area (Å²) in [6, 6.07) is 12.8. The number of hydrogen-bond donors (Lipinski definition) is 0. The largest absolute Gasteiger partial charge is 0.305 e. The normalized spacial score (nSPS) is 10.9. The van der Waals surface area contributed by atoms with Crippen LogP contribution in [0.5, 0.6) is 0 Å². The third kappa shape index (κ3) is 3.34. The van der Waals surface area contributed by atoms with E-state index in [2.05, 4.69) is 66.6 Å². The van der Waals surface area contributed by atoms with Gasteiger partial charge in [0.15, 0.2) is 0 Å².